The summed E-state index contributed by atoms with van der Waals surface area (Å²) in [5, 5.41) is 6.80. The minimum absolute atomic E-state index is 0.0971. The number of carbonyl (C=O) groups excluding carboxylic acids is 1. The Hall–Kier alpha value is -0.130. The van der Waals surface area contributed by atoms with Gasteiger partial charge in [-0.1, -0.05) is 0 Å². The van der Waals surface area contributed by atoms with E-state index in [-0.39, 0.29) is 10.5 Å². The van der Waals surface area contributed by atoms with Crippen LogP contribution in [0, 0.1) is 0 Å². The molecule has 1 amide bonds. The summed E-state index contributed by atoms with van der Waals surface area (Å²) in [6.45, 7) is 0. The molecule has 0 atom stereocenters. The lowest BCUT2D eigenvalue weighted by molar-refractivity contribution is -0.114. The monoisotopic (exact) mass is 231 g/mol. The first-order valence-corrected chi connectivity index (χ1v) is 6.96. The average molecular weight is 231 g/mol. The zero-order valence-electron chi connectivity index (χ0n) is 6.86. The van der Waals surface area contributed by atoms with E-state index in [0.29, 0.717) is 0 Å². The topological polar surface area (TPSA) is 29.1 Å². The molecular weight excluding hydrogens is 222 g/mol. The van der Waals surface area contributed by atoms with Gasteiger partial charge in [0.2, 0.25) is 5.91 Å². The van der Waals surface area contributed by atoms with Crippen molar-refractivity contribution >= 4 is 46.5 Å². The third kappa shape index (κ3) is 2.42. The molecule has 70 valence electrons. The van der Waals surface area contributed by atoms with Crippen LogP contribution < -0.4 is 5.32 Å². The van der Waals surface area contributed by atoms with Crippen LogP contribution in [0.25, 0.3) is 0 Å². The average Bonchev–Trinajstić information content (AvgIpc) is 2.74. The second-order valence-electron chi connectivity index (χ2n) is 2.57. The molecular formula is C8H9NOS3. The van der Waals surface area contributed by atoms with Gasteiger partial charge >= 0.3 is 0 Å². The molecule has 1 aliphatic rings. The van der Waals surface area contributed by atoms with Crippen LogP contribution in [0.5, 0.6) is 0 Å². The summed E-state index contributed by atoms with van der Waals surface area (Å²) in [6, 6.07) is 1.92. The van der Waals surface area contributed by atoms with E-state index >= 15 is 0 Å². The molecule has 5 heteroatoms. The zero-order valence-corrected chi connectivity index (χ0v) is 9.31. The number of hydrogen-bond donors (Lipinski definition) is 1. The fraction of sp³-hybridized carbons (Fsp3) is 0.375. The predicted octanol–water partition coefficient (Wildman–Crippen LogP) is 2.49. The van der Waals surface area contributed by atoms with Gasteiger partial charge in [0.05, 0.1) is 5.69 Å². The maximum absolute atomic E-state index is 11.6. The van der Waals surface area contributed by atoms with E-state index in [4.69, 9.17) is 0 Å². The molecule has 0 aliphatic carbocycles. The van der Waals surface area contributed by atoms with Gasteiger partial charge in [-0.15, -0.1) is 23.5 Å². The number of amides is 1. The van der Waals surface area contributed by atoms with E-state index in [2.05, 4.69) is 5.32 Å². The third-order valence-electron chi connectivity index (χ3n) is 1.62. The van der Waals surface area contributed by atoms with Gasteiger partial charge in [0.25, 0.3) is 0 Å². The molecule has 1 aliphatic heterocycles. The van der Waals surface area contributed by atoms with Crippen molar-refractivity contribution in [1.82, 2.24) is 0 Å². The quantitative estimate of drug-likeness (QED) is 0.848. The largest absolute Gasteiger partial charge is 0.324 e. The minimum Gasteiger partial charge on any atom is -0.324 e. The summed E-state index contributed by atoms with van der Waals surface area (Å²) in [7, 11) is 0. The van der Waals surface area contributed by atoms with Crippen molar-refractivity contribution in [2.24, 2.45) is 0 Å². The van der Waals surface area contributed by atoms with Crippen LogP contribution >= 0.6 is 34.9 Å². The number of thiophene rings is 1. The molecule has 0 radical (unpaired) electrons. The summed E-state index contributed by atoms with van der Waals surface area (Å²) in [6.07, 6.45) is 0. The molecule has 0 unspecified atom stereocenters. The first-order valence-electron chi connectivity index (χ1n) is 3.92. The lowest BCUT2D eigenvalue weighted by Crippen LogP contribution is -2.20. The van der Waals surface area contributed by atoms with Crippen molar-refractivity contribution < 1.29 is 4.79 Å². The van der Waals surface area contributed by atoms with Gasteiger partial charge in [0.15, 0.2) is 0 Å². The number of carbonyl (C=O) groups is 1. The number of nitrogens with one attached hydrogen (secondary N) is 1. The van der Waals surface area contributed by atoms with Crippen LogP contribution in [0.15, 0.2) is 16.8 Å². The first-order chi connectivity index (χ1) is 6.36. The summed E-state index contributed by atoms with van der Waals surface area (Å²) < 4.78 is 0.0971. The molecule has 1 N–H and O–H groups in total. The molecule has 2 rings (SSSR count). The second kappa shape index (κ2) is 4.39. The molecule has 0 aromatic carbocycles. The zero-order chi connectivity index (χ0) is 9.10. The highest BCUT2D eigenvalue weighted by molar-refractivity contribution is 8.21. The third-order valence-corrected chi connectivity index (χ3v) is 5.30. The van der Waals surface area contributed by atoms with E-state index in [0.717, 1.165) is 17.2 Å². The van der Waals surface area contributed by atoms with E-state index in [1.54, 1.807) is 34.9 Å². The molecule has 0 saturated carbocycles. The van der Waals surface area contributed by atoms with Crippen LogP contribution in [0.2, 0.25) is 0 Å². The number of thioether (sulfide) groups is 2. The molecule has 13 heavy (non-hydrogen) atoms. The standard InChI is InChI=1S/C8H9NOS3/c10-7(8-12-3-4-13-8)9-6-1-2-11-5-6/h1-2,5,8H,3-4H2,(H,9,10). The van der Waals surface area contributed by atoms with Crippen molar-refractivity contribution in [3.63, 3.8) is 0 Å². The van der Waals surface area contributed by atoms with Gasteiger partial charge in [-0.2, -0.15) is 11.3 Å². The van der Waals surface area contributed by atoms with Crippen molar-refractivity contribution in [2.45, 2.75) is 4.58 Å². The molecule has 0 bridgehead atoms. The first kappa shape index (κ1) is 9.43. The Bertz CT molecular complexity index is 280. The van der Waals surface area contributed by atoms with E-state index < -0.39 is 0 Å². The normalized spacial score (nSPS) is 17.5. The molecule has 2 nitrogen and oxygen atoms in total. The molecule has 1 saturated heterocycles. The van der Waals surface area contributed by atoms with Gasteiger partial charge in [0.1, 0.15) is 4.58 Å². The maximum Gasteiger partial charge on any atom is 0.247 e. The maximum atomic E-state index is 11.6. The van der Waals surface area contributed by atoms with Crippen LogP contribution in [0.1, 0.15) is 0 Å². The number of anilines is 1. The fourth-order valence-electron chi connectivity index (χ4n) is 1.05. The Balaban J connectivity index is 1.91. The Morgan fingerprint density at radius 2 is 2.23 bits per heavy atom. The highest BCUT2D eigenvalue weighted by Gasteiger charge is 2.23. The Kier molecular flexibility index (Phi) is 3.18. The minimum atomic E-state index is 0.0971. The number of hydrogen-bond acceptors (Lipinski definition) is 4. The fourth-order valence-corrected chi connectivity index (χ4v) is 4.22. The van der Waals surface area contributed by atoms with Gasteiger partial charge < -0.3 is 5.32 Å². The summed E-state index contributed by atoms with van der Waals surface area (Å²) in [5.41, 5.74) is 0.920. The van der Waals surface area contributed by atoms with Crippen molar-refractivity contribution in [1.29, 1.82) is 0 Å². The smallest absolute Gasteiger partial charge is 0.247 e. The lowest BCUT2D eigenvalue weighted by atomic mass is 10.5. The van der Waals surface area contributed by atoms with Crippen LogP contribution in [0.4, 0.5) is 5.69 Å². The predicted molar refractivity (Wildman–Crippen MR) is 61.7 cm³/mol. The molecule has 0 spiro atoms. The van der Waals surface area contributed by atoms with Gasteiger partial charge in [-0.05, 0) is 11.4 Å². The van der Waals surface area contributed by atoms with Crippen LogP contribution in [-0.2, 0) is 4.79 Å². The Morgan fingerprint density at radius 3 is 2.85 bits per heavy atom. The summed E-state index contributed by atoms with van der Waals surface area (Å²) in [5.74, 6) is 2.31. The van der Waals surface area contributed by atoms with E-state index in [1.807, 2.05) is 16.8 Å². The van der Waals surface area contributed by atoms with E-state index in [1.165, 1.54) is 0 Å². The summed E-state index contributed by atoms with van der Waals surface area (Å²) >= 11 is 5.05. The van der Waals surface area contributed by atoms with Crippen LogP contribution in [0.3, 0.4) is 0 Å². The molecule has 1 fully saturated rings. The highest BCUT2D eigenvalue weighted by Crippen LogP contribution is 2.32. The SMILES string of the molecule is O=C(Nc1ccsc1)C1SCCS1. The molecule has 1 aromatic rings. The second-order valence-corrected chi connectivity index (χ2v) is 6.08. The number of rotatable bonds is 2. The molecule has 1 aromatic heterocycles. The van der Waals surface area contributed by atoms with Gasteiger partial charge in [-0.25, -0.2) is 0 Å². The van der Waals surface area contributed by atoms with Crippen molar-refractivity contribution in [3.8, 4) is 0 Å². The van der Waals surface area contributed by atoms with Crippen LogP contribution in [-0.4, -0.2) is 22.0 Å². The Morgan fingerprint density at radius 1 is 1.46 bits per heavy atom. The summed E-state index contributed by atoms with van der Waals surface area (Å²) in [4.78, 5) is 11.6. The highest BCUT2D eigenvalue weighted by atomic mass is 32.2. The lowest BCUT2D eigenvalue weighted by Gasteiger charge is -2.06. The Labute approximate surface area is 89.5 Å². The van der Waals surface area contributed by atoms with Crippen molar-refractivity contribution in [2.75, 3.05) is 16.8 Å². The van der Waals surface area contributed by atoms with Crippen molar-refractivity contribution in [3.05, 3.63) is 16.8 Å². The van der Waals surface area contributed by atoms with Gasteiger partial charge in [0, 0.05) is 16.9 Å². The van der Waals surface area contributed by atoms with Gasteiger partial charge in [-0.3, -0.25) is 4.79 Å². The van der Waals surface area contributed by atoms with E-state index in [9.17, 15) is 4.79 Å². The molecule has 2 heterocycles.